The van der Waals surface area contributed by atoms with E-state index >= 15 is 0 Å². The Hall–Kier alpha value is -1.79. The van der Waals surface area contributed by atoms with Gasteiger partial charge < -0.3 is 10.1 Å². The van der Waals surface area contributed by atoms with E-state index < -0.39 is 0 Å². The number of benzene rings is 1. The summed E-state index contributed by atoms with van der Waals surface area (Å²) in [6.45, 7) is 6.74. The fourth-order valence-corrected chi connectivity index (χ4v) is 1.93. The maximum absolute atomic E-state index is 11.8. The number of amides is 1. The van der Waals surface area contributed by atoms with Crippen LogP contribution in [0.4, 0.5) is 0 Å². The van der Waals surface area contributed by atoms with Crippen molar-refractivity contribution in [3.63, 3.8) is 0 Å². The Kier molecular flexibility index (Phi) is 6.27. The molecular weight excluding hydrogens is 250 g/mol. The molecule has 1 unspecified atom stereocenters. The molecule has 0 aliphatic rings. The molecule has 3 nitrogen and oxygen atoms in total. The van der Waals surface area contributed by atoms with Crippen LogP contribution in [0.5, 0.6) is 0 Å². The number of hydrogen-bond acceptors (Lipinski definition) is 2. The van der Waals surface area contributed by atoms with Crippen LogP contribution in [0.2, 0.25) is 0 Å². The largest absolute Gasteiger partial charge is 0.372 e. The maximum atomic E-state index is 11.8. The number of rotatable bonds is 4. The summed E-state index contributed by atoms with van der Waals surface area (Å²) in [5, 5.41) is 2.98. The molecular formula is C17H23NO2. The highest BCUT2D eigenvalue weighted by Gasteiger charge is 2.21. The second-order valence-corrected chi connectivity index (χ2v) is 5.94. The first-order valence-corrected chi connectivity index (χ1v) is 6.75. The molecule has 1 rings (SSSR count). The Balaban J connectivity index is 2.80. The number of nitrogens with one attached hydrogen (secondary N) is 1. The number of carbonyl (C=O) groups is 1. The van der Waals surface area contributed by atoms with Crippen LogP contribution in [-0.2, 0) is 9.53 Å². The van der Waals surface area contributed by atoms with Gasteiger partial charge in [0.05, 0.1) is 6.04 Å². The van der Waals surface area contributed by atoms with Crippen molar-refractivity contribution in [2.75, 3.05) is 13.7 Å². The molecule has 0 aliphatic carbocycles. The van der Waals surface area contributed by atoms with Gasteiger partial charge in [-0.2, -0.15) is 0 Å². The first kappa shape index (κ1) is 16.3. The molecule has 0 fully saturated rings. The molecule has 0 aliphatic heterocycles. The standard InChI is InChI=1S/C17H23NO2/c1-17(2,3)13-15(14-9-6-5-7-10-14)18-16(19)11-8-12-20-4/h5-7,9-10,15H,12-13H2,1-4H3,(H,18,19). The summed E-state index contributed by atoms with van der Waals surface area (Å²) in [4.78, 5) is 11.8. The van der Waals surface area contributed by atoms with Crippen LogP contribution in [0.3, 0.4) is 0 Å². The summed E-state index contributed by atoms with van der Waals surface area (Å²) in [7, 11) is 1.55. The Morgan fingerprint density at radius 3 is 2.50 bits per heavy atom. The lowest BCUT2D eigenvalue weighted by atomic mass is 9.85. The molecule has 108 valence electrons. The number of carbonyl (C=O) groups excluding carboxylic acids is 1. The van der Waals surface area contributed by atoms with Gasteiger partial charge in [0.1, 0.15) is 6.61 Å². The minimum absolute atomic E-state index is 0.0273. The summed E-state index contributed by atoms with van der Waals surface area (Å²) in [5.41, 5.74) is 1.22. The normalized spacial score (nSPS) is 12.2. The average Bonchev–Trinajstić information content (AvgIpc) is 2.38. The van der Waals surface area contributed by atoms with E-state index in [4.69, 9.17) is 4.74 Å². The van der Waals surface area contributed by atoms with E-state index in [0.29, 0.717) is 0 Å². The molecule has 1 amide bonds. The SMILES string of the molecule is COCC#CC(=O)NC(CC(C)(C)C)c1ccccc1. The molecule has 20 heavy (non-hydrogen) atoms. The predicted octanol–water partition coefficient (Wildman–Crippen LogP) is 2.93. The van der Waals surface area contributed by atoms with Gasteiger partial charge in [0, 0.05) is 7.11 Å². The van der Waals surface area contributed by atoms with Gasteiger partial charge in [-0.25, -0.2) is 0 Å². The molecule has 0 radical (unpaired) electrons. The second-order valence-electron chi connectivity index (χ2n) is 5.94. The monoisotopic (exact) mass is 273 g/mol. The first-order valence-electron chi connectivity index (χ1n) is 6.75. The van der Waals surface area contributed by atoms with E-state index in [1.165, 1.54) is 0 Å². The molecule has 1 aromatic carbocycles. The van der Waals surface area contributed by atoms with Crippen LogP contribution in [0, 0.1) is 17.3 Å². The van der Waals surface area contributed by atoms with Gasteiger partial charge in [-0.05, 0) is 23.3 Å². The van der Waals surface area contributed by atoms with E-state index in [-0.39, 0.29) is 24.0 Å². The van der Waals surface area contributed by atoms with Crippen LogP contribution in [-0.4, -0.2) is 19.6 Å². The summed E-state index contributed by atoms with van der Waals surface area (Å²) in [6.07, 6.45) is 0.856. The summed E-state index contributed by atoms with van der Waals surface area (Å²) in [5.74, 6) is 4.95. The molecule has 1 aromatic rings. The van der Waals surface area contributed by atoms with E-state index in [2.05, 4.69) is 37.9 Å². The summed E-state index contributed by atoms with van der Waals surface area (Å²) >= 11 is 0. The summed E-state index contributed by atoms with van der Waals surface area (Å²) < 4.78 is 4.81. The summed E-state index contributed by atoms with van der Waals surface area (Å²) in [6, 6.07) is 9.96. The zero-order valence-corrected chi connectivity index (χ0v) is 12.7. The smallest absolute Gasteiger partial charge is 0.296 e. The van der Waals surface area contributed by atoms with Crippen molar-refractivity contribution in [3.05, 3.63) is 35.9 Å². The predicted molar refractivity (Wildman–Crippen MR) is 81.0 cm³/mol. The first-order chi connectivity index (χ1) is 9.42. The zero-order chi connectivity index (χ0) is 15.0. The minimum atomic E-state index is -0.264. The van der Waals surface area contributed by atoms with Crippen LogP contribution >= 0.6 is 0 Å². The molecule has 0 heterocycles. The van der Waals surface area contributed by atoms with Gasteiger partial charge in [0.25, 0.3) is 5.91 Å². The fraction of sp³-hybridized carbons (Fsp3) is 0.471. The Labute approximate surface area is 121 Å². The molecule has 1 atom stereocenters. The third-order valence-corrected chi connectivity index (χ3v) is 2.74. The van der Waals surface area contributed by atoms with Crippen LogP contribution in [0.1, 0.15) is 38.8 Å². The molecule has 0 saturated heterocycles. The lowest BCUT2D eigenvalue weighted by molar-refractivity contribution is -0.116. The number of hydrogen-bond donors (Lipinski definition) is 1. The lowest BCUT2D eigenvalue weighted by Crippen LogP contribution is -2.30. The quantitative estimate of drug-likeness (QED) is 0.857. The van der Waals surface area contributed by atoms with E-state index in [0.717, 1.165) is 12.0 Å². The van der Waals surface area contributed by atoms with Gasteiger partial charge in [0.15, 0.2) is 0 Å². The molecule has 0 spiro atoms. The van der Waals surface area contributed by atoms with E-state index in [1.807, 2.05) is 30.3 Å². The van der Waals surface area contributed by atoms with Crippen molar-refractivity contribution in [3.8, 4) is 11.8 Å². The van der Waals surface area contributed by atoms with Gasteiger partial charge in [0.2, 0.25) is 0 Å². The van der Waals surface area contributed by atoms with Crippen molar-refractivity contribution >= 4 is 5.91 Å². The lowest BCUT2D eigenvalue weighted by Gasteiger charge is -2.26. The average molecular weight is 273 g/mol. The van der Waals surface area contributed by atoms with Gasteiger partial charge >= 0.3 is 0 Å². The Morgan fingerprint density at radius 2 is 1.95 bits per heavy atom. The Bertz CT molecular complexity index is 477. The topological polar surface area (TPSA) is 38.3 Å². The third kappa shape index (κ3) is 6.40. The highest BCUT2D eigenvalue weighted by Crippen LogP contribution is 2.29. The van der Waals surface area contributed by atoms with Crippen molar-refractivity contribution < 1.29 is 9.53 Å². The van der Waals surface area contributed by atoms with Gasteiger partial charge in [-0.3, -0.25) is 4.79 Å². The van der Waals surface area contributed by atoms with E-state index in [9.17, 15) is 4.79 Å². The van der Waals surface area contributed by atoms with Gasteiger partial charge in [-0.15, -0.1) is 0 Å². The van der Waals surface area contributed by atoms with Crippen LogP contribution < -0.4 is 5.32 Å². The molecule has 0 saturated carbocycles. The van der Waals surface area contributed by atoms with E-state index in [1.54, 1.807) is 7.11 Å². The van der Waals surface area contributed by atoms with Crippen LogP contribution in [0.25, 0.3) is 0 Å². The highest BCUT2D eigenvalue weighted by atomic mass is 16.5. The van der Waals surface area contributed by atoms with Gasteiger partial charge in [-0.1, -0.05) is 57.0 Å². The molecule has 1 N–H and O–H groups in total. The molecule has 0 bridgehead atoms. The number of ether oxygens (including phenoxy) is 1. The van der Waals surface area contributed by atoms with Crippen LogP contribution in [0.15, 0.2) is 30.3 Å². The van der Waals surface area contributed by atoms with Crippen molar-refractivity contribution in [2.24, 2.45) is 5.41 Å². The third-order valence-electron chi connectivity index (χ3n) is 2.74. The van der Waals surface area contributed by atoms with Crippen molar-refractivity contribution in [2.45, 2.75) is 33.2 Å². The molecule has 0 aromatic heterocycles. The number of methoxy groups -OCH3 is 1. The Morgan fingerprint density at radius 1 is 1.30 bits per heavy atom. The second kappa shape index (κ2) is 7.72. The maximum Gasteiger partial charge on any atom is 0.296 e. The molecule has 3 heteroatoms. The van der Waals surface area contributed by atoms with Crippen molar-refractivity contribution in [1.29, 1.82) is 0 Å². The minimum Gasteiger partial charge on any atom is -0.372 e. The zero-order valence-electron chi connectivity index (χ0n) is 12.7. The highest BCUT2D eigenvalue weighted by molar-refractivity contribution is 5.93. The fourth-order valence-electron chi connectivity index (χ4n) is 1.93. The van der Waals surface area contributed by atoms with Crippen molar-refractivity contribution in [1.82, 2.24) is 5.32 Å².